The summed E-state index contributed by atoms with van der Waals surface area (Å²) >= 11 is -2.27. The second-order valence-electron chi connectivity index (χ2n) is 0.430. The maximum absolute atomic E-state index is 8.54. The van der Waals surface area contributed by atoms with Crippen LogP contribution in [0.25, 0.3) is 0 Å². The fraction of sp³-hybridized carbons (Fsp3) is 0. The minimum Gasteiger partial charge on any atom is 0 e. The molecule has 0 aromatic rings. The molecule has 0 saturated heterocycles. The van der Waals surface area contributed by atoms with Crippen LogP contribution in [0.15, 0.2) is 0 Å². The van der Waals surface area contributed by atoms with Gasteiger partial charge in [0.2, 0.25) is 0 Å². The largest absolute Gasteiger partial charge is 0 e. The van der Waals surface area contributed by atoms with Gasteiger partial charge in [-0.25, -0.2) is 0 Å². The molecule has 0 fully saturated rings. The molecule has 42 valence electrons. The number of hydrogen-bond acceptors (Lipinski definition) is 5. The van der Waals surface area contributed by atoms with Crippen molar-refractivity contribution in [3.8, 4) is 0 Å². The van der Waals surface area contributed by atoms with Gasteiger partial charge in [-0.3, -0.25) is 0 Å². The summed E-state index contributed by atoms with van der Waals surface area (Å²) in [6.45, 7) is 0. The van der Waals surface area contributed by atoms with E-state index in [0.29, 0.717) is 0 Å². The third-order valence-corrected chi connectivity index (χ3v) is 0. The van der Waals surface area contributed by atoms with Crippen molar-refractivity contribution in [1.29, 1.82) is 0 Å². The summed E-state index contributed by atoms with van der Waals surface area (Å²) in [7, 11) is -2.17. The fourth-order valence-corrected chi connectivity index (χ4v) is 0. The Balaban J connectivity index is -0.0000000575. The van der Waals surface area contributed by atoms with E-state index < -0.39 is 30.6 Å². The SMILES string of the molecule is OB(O)O.[O]=[Zr]=[O].[Zn]. The molecule has 0 amide bonds. The minimum absolute atomic E-state index is 0. The van der Waals surface area contributed by atoms with Crippen LogP contribution in [0.5, 0.6) is 0 Å². The fourth-order valence-electron chi connectivity index (χ4n) is 0. The van der Waals surface area contributed by atoms with Gasteiger partial charge in [-0.2, -0.15) is 0 Å². The molecule has 0 aliphatic carbocycles. The molecule has 0 bridgehead atoms. The van der Waals surface area contributed by atoms with Crippen molar-refractivity contribution >= 4 is 7.32 Å². The first-order valence-electron chi connectivity index (χ1n) is 1.18. The minimum atomic E-state index is -2.27. The van der Waals surface area contributed by atoms with Gasteiger partial charge in [-0.15, -0.1) is 0 Å². The molecule has 0 atom stereocenters. The Kier molecular flexibility index (Phi) is 31.4. The van der Waals surface area contributed by atoms with Crippen molar-refractivity contribution in [3.63, 3.8) is 0 Å². The van der Waals surface area contributed by atoms with E-state index in [0.717, 1.165) is 0 Å². The zero-order valence-corrected chi connectivity index (χ0v) is 9.37. The molecular formula is H3BO5ZnZr. The van der Waals surface area contributed by atoms with Crippen molar-refractivity contribution in [2.24, 2.45) is 0 Å². The van der Waals surface area contributed by atoms with Gasteiger partial charge in [0.1, 0.15) is 0 Å². The molecule has 0 aromatic heterocycles. The van der Waals surface area contributed by atoms with Gasteiger partial charge in [-0.05, 0) is 0 Å². The zero-order chi connectivity index (χ0) is 6.28. The van der Waals surface area contributed by atoms with Gasteiger partial charge in [0.25, 0.3) is 0 Å². The first kappa shape index (κ1) is 16.0. The molecule has 0 unspecified atom stereocenters. The van der Waals surface area contributed by atoms with E-state index in [2.05, 4.69) is 0 Å². The molecule has 0 radical (unpaired) electrons. The molecule has 0 aliphatic heterocycles. The topological polar surface area (TPSA) is 94.8 Å². The average Bonchev–Trinajstić information content (AvgIpc) is 1.33. The smallest absolute Gasteiger partial charge is 0 e. The van der Waals surface area contributed by atoms with Gasteiger partial charge < -0.3 is 15.1 Å². The second-order valence-corrected chi connectivity index (χ2v) is 0.839. The molecule has 0 spiro atoms. The maximum atomic E-state index is 8.54. The van der Waals surface area contributed by atoms with Crippen LogP contribution in [-0.2, 0) is 48.3 Å². The molecule has 3 N–H and O–H groups in total. The Bertz CT molecular complexity index is 54.7. The van der Waals surface area contributed by atoms with Crippen LogP contribution in [0.3, 0.4) is 0 Å². The Labute approximate surface area is 70.5 Å². The number of hydrogen-bond donors (Lipinski definition) is 3. The van der Waals surface area contributed by atoms with Crippen LogP contribution in [-0.4, -0.2) is 22.4 Å². The third kappa shape index (κ3) is 234. The Morgan fingerprint density at radius 2 is 1.12 bits per heavy atom. The van der Waals surface area contributed by atoms with Crippen LogP contribution in [0.2, 0.25) is 0 Å². The van der Waals surface area contributed by atoms with Crippen molar-refractivity contribution in [2.75, 3.05) is 0 Å². The van der Waals surface area contributed by atoms with Gasteiger partial charge in [-0.1, -0.05) is 0 Å². The molecule has 0 aliphatic rings. The summed E-state index contributed by atoms with van der Waals surface area (Å²) in [6.07, 6.45) is 0. The molecule has 5 nitrogen and oxygen atoms in total. The van der Waals surface area contributed by atoms with E-state index in [1.165, 1.54) is 0 Å². The average molecular weight is 250 g/mol. The van der Waals surface area contributed by atoms with Crippen LogP contribution in [0.1, 0.15) is 0 Å². The van der Waals surface area contributed by atoms with Crippen molar-refractivity contribution in [3.05, 3.63) is 0 Å². The molecule has 0 saturated carbocycles. The standard InChI is InChI=1S/BH3O3.2O.Zn.Zr/c2-1(3)4;;;;/h2-4H;;;;. The van der Waals surface area contributed by atoms with Crippen molar-refractivity contribution in [1.82, 2.24) is 0 Å². The molecular weight excluding hydrogens is 247 g/mol. The molecule has 0 rings (SSSR count). The van der Waals surface area contributed by atoms with Gasteiger partial charge in [0, 0.05) is 19.5 Å². The predicted octanol–water partition coefficient (Wildman–Crippen LogP) is -2.29. The van der Waals surface area contributed by atoms with Gasteiger partial charge >= 0.3 is 36.2 Å². The summed E-state index contributed by atoms with van der Waals surface area (Å²) in [4.78, 5) is 0. The maximum Gasteiger partial charge on any atom is 0 e. The quantitative estimate of drug-likeness (QED) is 0.421. The van der Waals surface area contributed by atoms with Crippen LogP contribution >= 0.6 is 0 Å². The summed E-state index contributed by atoms with van der Waals surface area (Å²) in [6, 6.07) is 0. The van der Waals surface area contributed by atoms with E-state index in [1.807, 2.05) is 0 Å². The Morgan fingerprint density at radius 3 is 1.12 bits per heavy atom. The van der Waals surface area contributed by atoms with E-state index in [9.17, 15) is 0 Å². The van der Waals surface area contributed by atoms with Crippen LogP contribution in [0, 0.1) is 0 Å². The monoisotopic (exact) mass is 248 g/mol. The molecule has 8 heavy (non-hydrogen) atoms. The normalized spacial score (nSPS) is 4.38. The molecule has 8 heteroatoms. The first-order valence-corrected chi connectivity index (χ1v) is 3.19. The van der Waals surface area contributed by atoms with E-state index in [1.54, 1.807) is 0 Å². The number of rotatable bonds is 0. The zero-order valence-electron chi connectivity index (χ0n) is 3.94. The summed E-state index contributed by atoms with van der Waals surface area (Å²) in [5.41, 5.74) is 0. The third-order valence-electron chi connectivity index (χ3n) is 0. The van der Waals surface area contributed by atoms with Crippen molar-refractivity contribution < 1.29 is 63.4 Å². The second kappa shape index (κ2) is 15.7. The van der Waals surface area contributed by atoms with Crippen LogP contribution < -0.4 is 0 Å². The summed E-state index contributed by atoms with van der Waals surface area (Å²) < 4.78 is 17.1. The first-order chi connectivity index (χ1) is 3.15. The van der Waals surface area contributed by atoms with E-state index in [-0.39, 0.29) is 19.5 Å². The van der Waals surface area contributed by atoms with Crippen LogP contribution in [0.4, 0.5) is 0 Å². The van der Waals surface area contributed by atoms with E-state index in [4.69, 9.17) is 20.7 Å². The van der Waals surface area contributed by atoms with Crippen molar-refractivity contribution in [2.45, 2.75) is 0 Å². The van der Waals surface area contributed by atoms with E-state index >= 15 is 0 Å². The van der Waals surface area contributed by atoms with Gasteiger partial charge in [0.15, 0.2) is 0 Å². The Hall–Kier alpha value is 1.05. The summed E-state index contributed by atoms with van der Waals surface area (Å²) in [5, 5.41) is 21.5. The molecule has 0 heterocycles. The summed E-state index contributed by atoms with van der Waals surface area (Å²) in [5.74, 6) is 0. The predicted molar refractivity (Wildman–Crippen MR) is 13.8 cm³/mol. The Morgan fingerprint density at radius 1 is 1.12 bits per heavy atom. The molecule has 0 aromatic carbocycles. The van der Waals surface area contributed by atoms with Gasteiger partial charge in [0.05, 0.1) is 0 Å².